The molecule has 1 aromatic carbocycles. The van der Waals surface area contributed by atoms with Crippen molar-refractivity contribution in [1.29, 1.82) is 0 Å². The number of hydrogen-bond acceptors (Lipinski definition) is 6. The van der Waals surface area contributed by atoms with Crippen molar-refractivity contribution in [2.75, 3.05) is 13.7 Å². The number of nitrogens with one attached hydrogen (secondary N) is 1. The Labute approximate surface area is 145 Å². The third-order valence-electron chi connectivity index (χ3n) is 3.15. The zero-order valence-corrected chi connectivity index (χ0v) is 13.7. The van der Waals surface area contributed by atoms with E-state index >= 15 is 0 Å². The van der Waals surface area contributed by atoms with Crippen LogP contribution in [0.4, 0.5) is 17.6 Å². The predicted molar refractivity (Wildman–Crippen MR) is 81.7 cm³/mol. The molecule has 1 aromatic heterocycles. The highest BCUT2D eigenvalue weighted by Gasteiger charge is 2.38. The summed E-state index contributed by atoms with van der Waals surface area (Å²) < 4.78 is 55.6. The van der Waals surface area contributed by atoms with Crippen LogP contribution in [-0.4, -0.2) is 35.9 Å². The fraction of sp³-hybridized carbons (Fsp3) is 0.333. The maximum absolute atomic E-state index is 14.1. The van der Waals surface area contributed by atoms with E-state index in [0.29, 0.717) is 0 Å². The molecule has 1 heterocycles. The van der Waals surface area contributed by atoms with Crippen LogP contribution >= 0.6 is 0 Å². The highest BCUT2D eigenvalue weighted by molar-refractivity contribution is 5.95. The number of nitrogens with zero attached hydrogens (tertiary/aromatic N) is 3. The predicted octanol–water partition coefficient (Wildman–Crippen LogP) is 2.89. The van der Waals surface area contributed by atoms with Crippen molar-refractivity contribution < 1.29 is 31.7 Å². The number of aromatic nitrogens is 2. The molecule has 0 saturated carbocycles. The lowest BCUT2D eigenvalue weighted by molar-refractivity contribution is -0.159. The fourth-order valence-electron chi connectivity index (χ4n) is 1.86. The van der Waals surface area contributed by atoms with Crippen LogP contribution in [0.1, 0.15) is 23.2 Å². The Morgan fingerprint density at radius 1 is 1.46 bits per heavy atom. The molecule has 2 rings (SSSR count). The number of rotatable bonds is 6. The van der Waals surface area contributed by atoms with Gasteiger partial charge in [-0.2, -0.15) is 18.2 Å². The van der Waals surface area contributed by atoms with Gasteiger partial charge < -0.3 is 14.7 Å². The lowest BCUT2D eigenvalue weighted by Gasteiger charge is -2.09. The second kappa shape index (κ2) is 7.93. The number of hydrogen-bond donors (Lipinski definition) is 1. The molecule has 11 heteroatoms. The van der Waals surface area contributed by atoms with E-state index in [9.17, 15) is 22.4 Å². The molecule has 0 radical (unpaired) electrons. The van der Waals surface area contributed by atoms with Crippen molar-refractivity contribution in [2.24, 2.45) is 11.1 Å². The maximum atomic E-state index is 14.1. The number of benzene rings is 1. The summed E-state index contributed by atoms with van der Waals surface area (Å²) in [7, 11) is 1.38. The zero-order valence-electron chi connectivity index (χ0n) is 13.7. The Balaban J connectivity index is 2.10. The Bertz CT molecular complexity index is 804. The quantitative estimate of drug-likeness (QED) is 0.477. The number of alkyl halides is 3. The van der Waals surface area contributed by atoms with Crippen LogP contribution in [0.3, 0.4) is 0 Å². The molecule has 0 fully saturated rings. The first-order chi connectivity index (χ1) is 12.2. The van der Waals surface area contributed by atoms with Gasteiger partial charge in [0, 0.05) is 24.2 Å². The van der Waals surface area contributed by atoms with Gasteiger partial charge in [0.25, 0.3) is 5.91 Å². The van der Waals surface area contributed by atoms with Crippen LogP contribution in [-0.2, 0) is 11.0 Å². The van der Waals surface area contributed by atoms with E-state index in [4.69, 9.17) is 0 Å². The van der Waals surface area contributed by atoms with Crippen molar-refractivity contribution in [3.05, 3.63) is 35.5 Å². The van der Waals surface area contributed by atoms with E-state index in [0.717, 1.165) is 12.1 Å². The van der Waals surface area contributed by atoms with Crippen molar-refractivity contribution in [3.63, 3.8) is 0 Å². The van der Waals surface area contributed by atoms with Crippen LogP contribution in [0.15, 0.2) is 27.9 Å². The molecule has 0 aliphatic rings. The van der Waals surface area contributed by atoms with E-state index in [2.05, 4.69) is 30.0 Å². The van der Waals surface area contributed by atoms with Crippen LogP contribution in [0.2, 0.25) is 0 Å². The van der Waals surface area contributed by atoms with E-state index in [-0.39, 0.29) is 23.6 Å². The second-order valence-electron chi connectivity index (χ2n) is 5.24. The molecular formula is C15H14F4N4O3. The first-order valence-electron chi connectivity index (χ1n) is 7.28. The molecule has 26 heavy (non-hydrogen) atoms. The van der Waals surface area contributed by atoms with Crippen molar-refractivity contribution in [2.45, 2.75) is 13.1 Å². The van der Waals surface area contributed by atoms with Crippen LogP contribution in [0.5, 0.6) is 0 Å². The Kier molecular flexibility index (Phi) is 5.90. The summed E-state index contributed by atoms with van der Waals surface area (Å²) in [6.45, 7) is 1.95. The third-order valence-corrected chi connectivity index (χ3v) is 3.15. The van der Waals surface area contributed by atoms with E-state index in [1.165, 1.54) is 19.4 Å². The van der Waals surface area contributed by atoms with Gasteiger partial charge in [-0.1, -0.05) is 23.3 Å². The van der Waals surface area contributed by atoms with E-state index < -0.39 is 29.6 Å². The molecule has 1 unspecified atom stereocenters. The number of halogens is 4. The molecule has 1 atom stereocenters. The molecule has 7 nitrogen and oxygen atoms in total. The normalized spacial score (nSPS) is 13.0. The topological polar surface area (TPSA) is 89.6 Å². The largest absolute Gasteiger partial charge is 0.471 e. The average molecular weight is 374 g/mol. The van der Waals surface area contributed by atoms with Gasteiger partial charge >= 0.3 is 12.1 Å². The van der Waals surface area contributed by atoms with Gasteiger partial charge in [0.2, 0.25) is 5.82 Å². The molecule has 0 aliphatic carbocycles. The van der Waals surface area contributed by atoms with Crippen molar-refractivity contribution in [1.82, 2.24) is 15.5 Å². The van der Waals surface area contributed by atoms with Crippen LogP contribution < -0.4 is 5.32 Å². The molecule has 0 spiro atoms. The number of oxime groups is 1. The molecule has 0 bridgehead atoms. The van der Waals surface area contributed by atoms with Gasteiger partial charge in [-0.3, -0.25) is 4.79 Å². The van der Waals surface area contributed by atoms with Gasteiger partial charge in [0.05, 0.1) is 5.56 Å². The number of carbonyl (C=O) groups excluding carboxylic acids is 1. The van der Waals surface area contributed by atoms with Crippen LogP contribution in [0, 0.1) is 11.7 Å². The maximum Gasteiger partial charge on any atom is 0.471 e. The smallest absolute Gasteiger partial charge is 0.399 e. The Morgan fingerprint density at radius 2 is 2.19 bits per heavy atom. The van der Waals surface area contributed by atoms with Gasteiger partial charge in [-0.15, -0.1) is 0 Å². The minimum Gasteiger partial charge on any atom is -0.399 e. The summed E-state index contributed by atoms with van der Waals surface area (Å²) >= 11 is 0. The zero-order chi connectivity index (χ0) is 19.3. The molecule has 2 aromatic rings. The summed E-state index contributed by atoms with van der Waals surface area (Å²) in [6.07, 6.45) is -3.33. The Hall–Kier alpha value is -2.98. The highest BCUT2D eigenvalue weighted by atomic mass is 19.4. The summed E-state index contributed by atoms with van der Waals surface area (Å²) in [5.74, 6) is -3.75. The third kappa shape index (κ3) is 4.77. The summed E-state index contributed by atoms with van der Waals surface area (Å²) in [4.78, 5) is 19.7. The molecule has 1 N–H and O–H groups in total. The fourth-order valence-corrected chi connectivity index (χ4v) is 1.86. The SMILES string of the molecule is CO/N=C/C(C)CNC(=O)c1ccc(-c2noc(C(F)(F)F)n2)cc1F. The minimum atomic E-state index is -4.80. The average Bonchev–Trinajstić information content (AvgIpc) is 3.08. The van der Waals surface area contributed by atoms with E-state index in [1.807, 2.05) is 0 Å². The van der Waals surface area contributed by atoms with Gasteiger partial charge in [0.15, 0.2) is 0 Å². The molecule has 140 valence electrons. The molecule has 1 amide bonds. The summed E-state index contributed by atoms with van der Waals surface area (Å²) in [5.41, 5.74) is -0.330. The monoisotopic (exact) mass is 374 g/mol. The van der Waals surface area contributed by atoms with Crippen molar-refractivity contribution >= 4 is 12.1 Å². The van der Waals surface area contributed by atoms with Gasteiger partial charge in [-0.25, -0.2) is 4.39 Å². The van der Waals surface area contributed by atoms with Gasteiger partial charge in [0.1, 0.15) is 12.9 Å². The lowest BCUT2D eigenvalue weighted by Crippen LogP contribution is -2.29. The lowest BCUT2D eigenvalue weighted by atomic mass is 10.1. The second-order valence-corrected chi connectivity index (χ2v) is 5.24. The first kappa shape index (κ1) is 19.3. The van der Waals surface area contributed by atoms with E-state index in [1.54, 1.807) is 6.92 Å². The molecular weight excluding hydrogens is 360 g/mol. The summed E-state index contributed by atoms with van der Waals surface area (Å²) in [6, 6.07) is 3.20. The first-order valence-corrected chi connectivity index (χ1v) is 7.28. The molecule has 0 aliphatic heterocycles. The minimum absolute atomic E-state index is 0.0566. The van der Waals surface area contributed by atoms with Gasteiger partial charge in [-0.05, 0) is 12.1 Å². The molecule has 0 saturated heterocycles. The summed E-state index contributed by atoms with van der Waals surface area (Å²) in [5, 5.41) is 9.22. The standard InChI is InChI=1S/C15H14F4N4O3/c1-8(7-21-25-2)6-20-13(24)10-4-3-9(5-11(10)16)12-22-14(26-23-12)15(17,18)19/h3-5,7-8H,6H2,1-2H3,(H,20,24)/b21-7+. The Morgan fingerprint density at radius 3 is 2.77 bits per heavy atom. The highest BCUT2D eigenvalue weighted by Crippen LogP contribution is 2.29. The van der Waals surface area contributed by atoms with Crippen LogP contribution in [0.25, 0.3) is 11.4 Å². The number of amides is 1. The number of carbonyl (C=O) groups is 1. The van der Waals surface area contributed by atoms with Crippen molar-refractivity contribution in [3.8, 4) is 11.4 Å².